The summed E-state index contributed by atoms with van der Waals surface area (Å²) in [7, 11) is -3.82. The minimum atomic E-state index is -3.82. The molecule has 0 aromatic heterocycles. The fourth-order valence-electron chi connectivity index (χ4n) is 0.808. The van der Waals surface area contributed by atoms with Gasteiger partial charge in [0.2, 0.25) is 0 Å². The molecule has 0 unspecified atom stereocenters. The lowest BCUT2D eigenvalue weighted by atomic mass is 10.1. The lowest BCUT2D eigenvalue weighted by Gasteiger charge is -2.25. The summed E-state index contributed by atoms with van der Waals surface area (Å²) in [5.41, 5.74) is -2.18. The van der Waals surface area contributed by atoms with Crippen LogP contribution in [0.15, 0.2) is 0 Å². The standard InChI is InChI=1S/C8H18N2O4S/c1-7(2,3)9-15(13,14)10-8(4,5)6(11)12/h9-10H,1-5H3,(H,11,12). The number of hydrogen-bond acceptors (Lipinski definition) is 3. The monoisotopic (exact) mass is 238 g/mol. The molecule has 90 valence electrons. The van der Waals surface area contributed by atoms with Crippen molar-refractivity contribution >= 4 is 16.2 Å². The predicted molar refractivity (Wildman–Crippen MR) is 56.7 cm³/mol. The van der Waals surface area contributed by atoms with E-state index in [0.29, 0.717) is 0 Å². The summed E-state index contributed by atoms with van der Waals surface area (Å²) in [6, 6.07) is 0. The van der Waals surface area contributed by atoms with E-state index in [2.05, 4.69) is 9.44 Å². The Labute approximate surface area is 90.2 Å². The lowest BCUT2D eigenvalue weighted by Crippen LogP contribution is -2.56. The fraction of sp³-hybridized carbons (Fsp3) is 0.875. The van der Waals surface area contributed by atoms with E-state index >= 15 is 0 Å². The summed E-state index contributed by atoms with van der Waals surface area (Å²) in [6.45, 7) is 7.55. The number of aliphatic carboxylic acids is 1. The topological polar surface area (TPSA) is 95.5 Å². The Morgan fingerprint density at radius 3 is 1.73 bits per heavy atom. The maximum Gasteiger partial charge on any atom is 0.324 e. The molecule has 7 heteroatoms. The molecule has 0 saturated carbocycles. The number of carbonyl (C=O) groups is 1. The molecule has 0 aliphatic rings. The van der Waals surface area contributed by atoms with Crippen LogP contribution < -0.4 is 9.44 Å². The third-order valence-electron chi connectivity index (χ3n) is 1.36. The van der Waals surface area contributed by atoms with Gasteiger partial charge >= 0.3 is 5.97 Å². The van der Waals surface area contributed by atoms with Crippen molar-refractivity contribution in [3.8, 4) is 0 Å². The first-order valence-electron chi connectivity index (χ1n) is 4.42. The molecule has 0 bridgehead atoms. The SMILES string of the molecule is CC(C)(C)NS(=O)(=O)NC(C)(C)C(=O)O. The van der Waals surface area contributed by atoms with E-state index in [0.717, 1.165) is 0 Å². The summed E-state index contributed by atoms with van der Waals surface area (Å²) < 4.78 is 27.3. The van der Waals surface area contributed by atoms with Gasteiger partial charge in [0.25, 0.3) is 10.2 Å². The molecule has 3 N–H and O–H groups in total. The van der Waals surface area contributed by atoms with Crippen LogP contribution in [0.2, 0.25) is 0 Å². The number of rotatable bonds is 4. The Bertz CT molecular complexity index is 340. The van der Waals surface area contributed by atoms with Crippen LogP contribution >= 0.6 is 0 Å². The predicted octanol–water partition coefficient (Wildman–Crippen LogP) is 0.0721. The zero-order chi connectivity index (χ0) is 12.5. The highest BCUT2D eigenvalue weighted by Gasteiger charge is 2.33. The Morgan fingerprint density at radius 1 is 1.07 bits per heavy atom. The second-order valence-electron chi connectivity index (χ2n) is 4.89. The Kier molecular flexibility index (Phi) is 3.89. The van der Waals surface area contributed by atoms with Gasteiger partial charge < -0.3 is 5.11 Å². The van der Waals surface area contributed by atoms with Gasteiger partial charge in [0.05, 0.1) is 0 Å². The molecule has 0 aliphatic carbocycles. The van der Waals surface area contributed by atoms with E-state index in [1.807, 2.05) is 0 Å². The minimum absolute atomic E-state index is 0.652. The molecule has 0 aromatic carbocycles. The smallest absolute Gasteiger partial charge is 0.324 e. The number of hydrogen-bond donors (Lipinski definition) is 3. The van der Waals surface area contributed by atoms with E-state index in [1.165, 1.54) is 13.8 Å². The first-order chi connectivity index (χ1) is 6.36. The van der Waals surface area contributed by atoms with Gasteiger partial charge in [0.15, 0.2) is 0 Å². The van der Waals surface area contributed by atoms with Crippen LogP contribution in [0.5, 0.6) is 0 Å². The third-order valence-corrected chi connectivity index (χ3v) is 3.02. The molecule has 0 heterocycles. The van der Waals surface area contributed by atoms with E-state index in [4.69, 9.17) is 5.11 Å². The molecule has 0 radical (unpaired) electrons. The molecular formula is C8H18N2O4S. The van der Waals surface area contributed by atoms with Crippen LogP contribution in [0, 0.1) is 0 Å². The van der Waals surface area contributed by atoms with Gasteiger partial charge in [-0.1, -0.05) is 0 Å². The van der Waals surface area contributed by atoms with Gasteiger partial charge in [0, 0.05) is 5.54 Å². The van der Waals surface area contributed by atoms with Crippen molar-refractivity contribution in [1.29, 1.82) is 0 Å². The van der Waals surface area contributed by atoms with Gasteiger partial charge in [0.1, 0.15) is 5.54 Å². The number of carboxylic acids is 1. The van der Waals surface area contributed by atoms with Crippen molar-refractivity contribution in [3.05, 3.63) is 0 Å². The van der Waals surface area contributed by atoms with E-state index < -0.39 is 27.3 Å². The summed E-state index contributed by atoms with van der Waals surface area (Å²) >= 11 is 0. The average Bonchev–Trinajstić information content (AvgIpc) is 1.75. The quantitative estimate of drug-likeness (QED) is 0.646. The minimum Gasteiger partial charge on any atom is -0.480 e. The second kappa shape index (κ2) is 4.07. The van der Waals surface area contributed by atoms with E-state index in [9.17, 15) is 13.2 Å². The maximum absolute atomic E-state index is 11.5. The number of nitrogens with one attached hydrogen (secondary N) is 2. The van der Waals surface area contributed by atoms with Crippen LogP contribution in [0.1, 0.15) is 34.6 Å². The van der Waals surface area contributed by atoms with Crippen molar-refractivity contribution in [2.24, 2.45) is 0 Å². The summed E-state index contributed by atoms with van der Waals surface area (Å²) in [6.07, 6.45) is 0. The van der Waals surface area contributed by atoms with Crippen LogP contribution in [0.25, 0.3) is 0 Å². The first kappa shape index (κ1) is 14.3. The molecule has 0 saturated heterocycles. The summed E-state index contributed by atoms with van der Waals surface area (Å²) in [4.78, 5) is 10.7. The molecule has 0 amide bonds. The molecular weight excluding hydrogens is 220 g/mol. The second-order valence-corrected chi connectivity index (χ2v) is 6.30. The lowest BCUT2D eigenvalue weighted by molar-refractivity contribution is -0.142. The zero-order valence-electron chi connectivity index (χ0n) is 9.58. The van der Waals surface area contributed by atoms with E-state index in [1.54, 1.807) is 20.8 Å². The van der Waals surface area contributed by atoms with Gasteiger partial charge in [-0.25, -0.2) is 0 Å². The molecule has 0 rings (SSSR count). The van der Waals surface area contributed by atoms with Crippen LogP contribution in [-0.4, -0.2) is 30.6 Å². The Balaban J connectivity index is 4.75. The molecule has 6 nitrogen and oxygen atoms in total. The van der Waals surface area contributed by atoms with Crippen molar-refractivity contribution in [3.63, 3.8) is 0 Å². The molecule has 0 aliphatic heterocycles. The fourth-order valence-corrected chi connectivity index (χ4v) is 2.42. The average molecular weight is 238 g/mol. The highest BCUT2D eigenvalue weighted by Crippen LogP contribution is 2.06. The van der Waals surface area contributed by atoms with E-state index in [-0.39, 0.29) is 0 Å². The van der Waals surface area contributed by atoms with Gasteiger partial charge in [-0.15, -0.1) is 0 Å². The van der Waals surface area contributed by atoms with Gasteiger partial charge in [-0.2, -0.15) is 17.9 Å². The van der Waals surface area contributed by atoms with Crippen molar-refractivity contribution in [1.82, 2.24) is 9.44 Å². The normalized spacial score (nSPS) is 13.9. The van der Waals surface area contributed by atoms with Crippen LogP contribution in [0.4, 0.5) is 0 Å². The highest BCUT2D eigenvalue weighted by atomic mass is 32.2. The Morgan fingerprint density at radius 2 is 1.47 bits per heavy atom. The van der Waals surface area contributed by atoms with Gasteiger partial charge in [-0.05, 0) is 34.6 Å². The van der Waals surface area contributed by atoms with Crippen molar-refractivity contribution in [2.75, 3.05) is 0 Å². The molecule has 0 aromatic rings. The van der Waals surface area contributed by atoms with Gasteiger partial charge in [-0.3, -0.25) is 4.79 Å². The van der Waals surface area contributed by atoms with Crippen LogP contribution in [0.3, 0.4) is 0 Å². The van der Waals surface area contributed by atoms with Crippen LogP contribution in [-0.2, 0) is 15.0 Å². The zero-order valence-corrected chi connectivity index (χ0v) is 10.4. The molecule has 0 fully saturated rings. The first-order valence-corrected chi connectivity index (χ1v) is 5.90. The summed E-state index contributed by atoms with van der Waals surface area (Å²) in [5.74, 6) is -1.23. The summed E-state index contributed by atoms with van der Waals surface area (Å²) in [5, 5.41) is 8.75. The maximum atomic E-state index is 11.5. The Hall–Kier alpha value is -0.660. The van der Waals surface area contributed by atoms with Crippen molar-refractivity contribution < 1.29 is 18.3 Å². The molecule has 15 heavy (non-hydrogen) atoms. The molecule has 0 spiro atoms. The molecule has 0 atom stereocenters. The largest absolute Gasteiger partial charge is 0.480 e. The number of carboxylic acid groups (broad SMARTS) is 1. The highest BCUT2D eigenvalue weighted by molar-refractivity contribution is 7.87. The third kappa shape index (κ3) is 5.71. The van der Waals surface area contributed by atoms with Crippen molar-refractivity contribution in [2.45, 2.75) is 45.7 Å².